The summed E-state index contributed by atoms with van der Waals surface area (Å²) in [6.07, 6.45) is 0.0689. The fraction of sp³-hybridized carbons (Fsp3) is 1.00. The summed E-state index contributed by atoms with van der Waals surface area (Å²) >= 11 is 3.71. The Bertz CT molecular complexity index is 66.1. The van der Waals surface area contributed by atoms with Crippen LogP contribution in [0, 0.1) is 0 Å². The van der Waals surface area contributed by atoms with E-state index in [4.69, 9.17) is 0 Å². The lowest BCUT2D eigenvalue weighted by Gasteiger charge is -2.06. The Morgan fingerprint density at radius 3 is 2.33 bits per heavy atom. The molecule has 0 aromatic rings. The normalized spacial score (nSPS) is 14.3. The molecule has 0 bridgehead atoms. The lowest BCUT2D eigenvalue weighted by molar-refractivity contribution is 0.141. The van der Waals surface area contributed by atoms with Gasteiger partial charge in [-0.15, -0.1) is 0 Å². The molecule has 0 fully saturated rings. The fourth-order valence-electron chi connectivity index (χ4n) is 0.539. The molecule has 0 aromatic carbocycles. The van der Waals surface area contributed by atoms with Crippen molar-refractivity contribution in [3.8, 4) is 0 Å². The molecule has 0 N–H and O–H groups in total. The van der Waals surface area contributed by atoms with E-state index in [0.29, 0.717) is 6.42 Å². The molecule has 0 saturated heterocycles. The maximum Gasteiger partial charge on any atom is 0.250 e. The largest absolute Gasteiger partial charge is 0.250 e. The molecule has 1 atom stereocenters. The fourth-order valence-corrected chi connectivity index (χ4v) is 0.722. The Hall–Kier alpha value is 0.210. The van der Waals surface area contributed by atoms with E-state index in [2.05, 4.69) is 12.6 Å². The van der Waals surface area contributed by atoms with Crippen molar-refractivity contribution in [3.05, 3.63) is 0 Å². The molecule has 0 aliphatic carbocycles. The molecule has 0 aromatic heterocycles. The molecular formula is C6H12F2S. The highest BCUT2D eigenvalue weighted by molar-refractivity contribution is 7.81. The SMILES string of the molecule is CCCCC(S)C(F)F. The average Bonchev–Trinajstić information content (AvgIpc) is 1.82. The van der Waals surface area contributed by atoms with Crippen molar-refractivity contribution in [1.82, 2.24) is 0 Å². The van der Waals surface area contributed by atoms with Gasteiger partial charge in [0, 0.05) is 0 Å². The molecule has 0 heterocycles. The number of alkyl halides is 2. The van der Waals surface area contributed by atoms with Gasteiger partial charge in [-0.1, -0.05) is 19.8 Å². The van der Waals surface area contributed by atoms with Crippen LogP contribution in [0.1, 0.15) is 26.2 Å². The van der Waals surface area contributed by atoms with Gasteiger partial charge in [0.05, 0.1) is 5.25 Å². The molecule has 9 heavy (non-hydrogen) atoms. The minimum atomic E-state index is -2.26. The van der Waals surface area contributed by atoms with Gasteiger partial charge in [0.15, 0.2) is 0 Å². The number of hydrogen-bond acceptors (Lipinski definition) is 1. The second-order valence-electron chi connectivity index (χ2n) is 2.04. The Morgan fingerprint density at radius 2 is 2.00 bits per heavy atom. The number of rotatable bonds is 4. The third kappa shape index (κ3) is 4.70. The van der Waals surface area contributed by atoms with Gasteiger partial charge >= 0.3 is 0 Å². The van der Waals surface area contributed by atoms with Crippen LogP contribution in [0.15, 0.2) is 0 Å². The first kappa shape index (κ1) is 9.21. The molecule has 0 saturated carbocycles. The molecule has 0 rings (SSSR count). The molecule has 0 amide bonds. The maximum atomic E-state index is 11.7. The summed E-state index contributed by atoms with van der Waals surface area (Å²) in [4.78, 5) is 0. The number of halogens is 2. The summed E-state index contributed by atoms with van der Waals surface area (Å²) in [7, 11) is 0. The summed E-state index contributed by atoms with van der Waals surface area (Å²) < 4.78 is 23.4. The van der Waals surface area contributed by atoms with Crippen molar-refractivity contribution in [2.45, 2.75) is 37.9 Å². The van der Waals surface area contributed by atoms with Crippen molar-refractivity contribution in [1.29, 1.82) is 0 Å². The zero-order valence-electron chi connectivity index (χ0n) is 5.48. The Balaban J connectivity index is 3.16. The van der Waals surface area contributed by atoms with E-state index in [-0.39, 0.29) is 0 Å². The molecule has 0 spiro atoms. The predicted molar refractivity (Wildman–Crippen MR) is 38.3 cm³/mol. The van der Waals surface area contributed by atoms with Gasteiger partial charge in [-0.2, -0.15) is 12.6 Å². The van der Waals surface area contributed by atoms with Crippen LogP contribution in [0.3, 0.4) is 0 Å². The van der Waals surface area contributed by atoms with Crippen LogP contribution in [0.4, 0.5) is 8.78 Å². The minimum Gasteiger partial charge on any atom is -0.209 e. The van der Waals surface area contributed by atoms with Gasteiger partial charge in [-0.25, -0.2) is 8.78 Å². The van der Waals surface area contributed by atoms with Gasteiger partial charge < -0.3 is 0 Å². The van der Waals surface area contributed by atoms with Crippen molar-refractivity contribution < 1.29 is 8.78 Å². The van der Waals surface area contributed by atoms with Crippen LogP contribution in [0.25, 0.3) is 0 Å². The van der Waals surface area contributed by atoms with Crippen LogP contribution in [-0.2, 0) is 0 Å². The summed E-state index contributed by atoms with van der Waals surface area (Å²) in [6, 6.07) is 0. The second kappa shape index (κ2) is 5.03. The third-order valence-electron chi connectivity index (χ3n) is 1.14. The number of hydrogen-bond donors (Lipinski definition) is 1. The second-order valence-corrected chi connectivity index (χ2v) is 2.71. The van der Waals surface area contributed by atoms with Crippen molar-refractivity contribution in [2.75, 3.05) is 0 Å². The van der Waals surface area contributed by atoms with Crippen LogP contribution >= 0.6 is 12.6 Å². The summed E-state index contributed by atoms with van der Waals surface area (Å²) in [5, 5.41) is -0.718. The summed E-state index contributed by atoms with van der Waals surface area (Å²) in [6.45, 7) is 1.98. The number of thiol groups is 1. The predicted octanol–water partition coefficient (Wildman–Crippen LogP) is 2.74. The molecule has 56 valence electrons. The van der Waals surface area contributed by atoms with E-state index in [0.717, 1.165) is 12.8 Å². The van der Waals surface area contributed by atoms with Gasteiger partial charge in [0.25, 0.3) is 0 Å². The lowest BCUT2D eigenvalue weighted by Crippen LogP contribution is -2.09. The highest BCUT2D eigenvalue weighted by atomic mass is 32.1. The molecule has 0 aliphatic rings. The molecule has 0 aliphatic heterocycles. The highest BCUT2D eigenvalue weighted by Gasteiger charge is 2.13. The number of unbranched alkanes of at least 4 members (excludes halogenated alkanes) is 1. The van der Waals surface area contributed by atoms with Crippen LogP contribution < -0.4 is 0 Å². The van der Waals surface area contributed by atoms with Crippen LogP contribution in [-0.4, -0.2) is 11.7 Å². The average molecular weight is 154 g/mol. The van der Waals surface area contributed by atoms with E-state index >= 15 is 0 Å². The van der Waals surface area contributed by atoms with E-state index in [1.54, 1.807) is 0 Å². The minimum absolute atomic E-state index is 0.525. The molecule has 1 unspecified atom stereocenters. The first-order chi connectivity index (χ1) is 4.18. The first-order valence-corrected chi connectivity index (χ1v) is 3.66. The van der Waals surface area contributed by atoms with Crippen molar-refractivity contribution in [2.24, 2.45) is 0 Å². The summed E-state index contributed by atoms with van der Waals surface area (Å²) in [5.74, 6) is 0. The zero-order valence-corrected chi connectivity index (χ0v) is 6.37. The Labute approximate surface area is 60.1 Å². The topological polar surface area (TPSA) is 0 Å². The third-order valence-corrected chi connectivity index (χ3v) is 1.63. The van der Waals surface area contributed by atoms with Crippen LogP contribution in [0.2, 0.25) is 0 Å². The zero-order chi connectivity index (χ0) is 7.28. The lowest BCUT2D eigenvalue weighted by atomic mass is 10.2. The van der Waals surface area contributed by atoms with Gasteiger partial charge in [-0.05, 0) is 6.42 Å². The van der Waals surface area contributed by atoms with E-state index < -0.39 is 11.7 Å². The standard InChI is InChI=1S/C6H12F2S/c1-2-3-4-5(9)6(7)8/h5-6,9H,2-4H2,1H3. The monoisotopic (exact) mass is 154 g/mol. The van der Waals surface area contributed by atoms with E-state index in [1.807, 2.05) is 6.92 Å². The molecule has 3 heteroatoms. The first-order valence-electron chi connectivity index (χ1n) is 3.14. The Kier molecular flexibility index (Phi) is 5.15. The van der Waals surface area contributed by atoms with Crippen LogP contribution in [0.5, 0.6) is 0 Å². The Morgan fingerprint density at radius 1 is 1.44 bits per heavy atom. The van der Waals surface area contributed by atoms with E-state index in [9.17, 15) is 8.78 Å². The molecular weight excluding hydrogens is 142 g/mol. The van der Waals surface area contributed by atoms with Crippen molar-refractivity contribution in [3.63, 3.8) is 0 Å². The van der Waals surface area contributed by atoms with Gasteiger partial charge in [0.2, 0.25) is 6.43 Å². The van der Waals surface area contributed by atoms with Crippen molar-refractivity contribution >= 4 is 12.6 Å². The smallest absolute Gasteiger partial charge is 0.209 e. The maximum absolute atomic E-state index is 11.7. The highest BCUT2D eigenvalue weighted by Crippen LogP contribution is 2.14. The molecule has 0 nitrogen and oxygen atoms in total. The quantitative estimate of drug-likeness (QED) is 0.591. The van der Waals surface area contributed by atoms with Gasteiger partial charge in [0.1, 0.15) is 0 Å². The molecule has 0 radical (unpaired) electrons. The van der Waals surface area contributed by atoms with Gasteiger partial charge in [-0.3, -0.25) is 0 Å². The van der Waals surface area contributed by atoms with E-state index in [1.165, 1.54) is 0 Å². The summed E-state index contributed by atoms with van der Waals surface area (Å²) in [5.41, 5.74) is 0.